The van der Waals surface area contributed by atoms with Crippen LogP contribution in [-0.4, -0.2) is 46.8 Å². The topological polar surface area (TPSA) is 88.6 Å². The van der Waals surface area contributed by atoms with Gasteiger partial charge < -0.3 is 14.8 Å². The zero-order chi connectivity index (χ0) is 28.1. The number of methoxy groups -OCH3 is 1. The van der Waals surface area contributed by atoms with E-state index >= 15 is 0 Å². The number of aromatic nitrogens is 2. The molecule has 3 heterocycles. The van der Waals surface area contributed by atoms with Crippen molar-refractivity contribution in [1.82, 2.24) is 20.2 Å². The number of nitrogens with zero attached hydrogens (tertiary/aromatic N) is 3. The lowest BCUT2D eigenvalue weighted by atomic mass is 10.2. The monoisotopic (exact) mass is 579 g/mol. The molecule has 1 aliphatic heterocycles. The van der Waals surface area contributed by atoms with Crippen LogP contribution in [0.25, 0.3) is 10.2 Å². The van der Waals surface area contributed by atoms with Gasteiger partial charge in [0.1, 0.15) is 35.1 Å². The predicted molar refractivity (Wildman–Crippen MR) is 154 cm³/mol. The quantitative estimate of drug-likeness (QED) is 0.248. The summed E-state index contributed by atoms with van der Waals surface area (Å²) in [6, 6.07) is 13.5. The summed E-state index contributed by atoms with van der Waals surface area (Å²) < 4.78 is 24.1. The summed E-state index contributed by atoms with van der Waals surface area (Å²) in [6.45, 7) is 2.69. The molecule has 0 spiro atoms. The van der Waals surface area contributed by atoms with Crippen molar-refractivity contribution in [1.29, 1.82) is 0 Å². The van der Waals surface area contributed by atoms with E-state index in [9.17, 15) is 9.18 Å². The minimum atomic E-state index is -0.343. The standard InChI is InChI=1S/C29H27ClFN5O3S/c1-3-36(29(37)38-2)26-12-9-20(34-26)7-10-22-15-23-27(32-17-33-28(23)40-22)35-21-8-11-25(24(30)14-21)39-16-18-5-4-6-19(31)13-18/h4-6,8,11,13-15,17,20,26,34H,3,9,12,16H2,1-2H3,(H,32,33,35)/t20-,26+/m0/s1. The summed E-state index contributed by atoms with van der Waals surface area (Å²) in [4.78, 5) is 24.2. The lowest BCUT2D eigenvalue weighted by Gasteiger charge is -2.26. The van der Waals surface area contributed by atoms with Gasteiger partial charge in [0.05, 0.1) is 34.6 Å². The molecular formula is C29H27ClFN5O3S. The van der Waals surface area contributed by atoms with Crippen molar-refractivity contribution in [2.45, 2.75) is 38.6 Å². The number of hydrogen-bond acceptors (Lipinski definition) is 8. The van der Waals surface area contributed by atoms with Gasteiger partial charge in [0.25, 0.3) is 0 Å². The molecule has 40 heavy (non-hydrogen) atoms. The number of rotatable bonds is 7. The summed E-state index contributed by atoms with van der Waals surface area (Å²) in [5.41, 5.74) is 1.44. The average Bonchev–Trinajstić information content (AvgIpc) is 3.59. The maximum atomic E-state index is 13.4. The Balaban J connectivity index is 1.25. The van der Waals surface area contributed by atoms with E-state index in [0.717, 1.165) is 33.6 Å². The molecule has 0 unspecified atom stereocenters. The van der Waals surface area contributed by atoms with Crippen LogP contribution < -0.4 is 15.4 Å². The molecule has 2 N–H and O–H groups in total. The van der Waals surface area contributed by atoms with Gasteiger partial charge in [-0.05, 0) is 61.7 Å². The predicted octanol–water partition coefficient (Wildman–Crippen LogP) is 6.32. The largest absolute Gasteiger partial charge is 0.487 e. The highest BCUT2D eigenvalue weighted by Crippen LogP contribution is 2.33. The molecule has 1 amide bonds. The molecule has 2 aromatic carbocycles. The van der Waals surface area contributed by atoms with Crippen molar-refractivity contribution < 1.29 is 18.7 Å². The van der Waals surface area contributed by atoms with Gasteiger partial charge in [-0.15, -0.1) is 11.3 Å². The van der Waals surface area contributed by atoms with Crippen LogP contribution in [0.5, 0.6) is 5.75 Å². The highest BCUT2D eigenvalue weighted by Gasteiger charge is 2.30. The summed E-state index contributed by atoms with van der Waals surface area (Å²) in [5, 5.41) is 7.98. The Morgan fingerprint density at radius 3 is 2.90 bits per heavy atom. The number of anilines is 2. The van der Waals surface area contributed by atoms with Crippen molar-refractivity contribution >= 4 is 50.8 Å². The molecule has 1 fully saturated rings. The molecule has 2 aromatic heterocycles. The molecular weight excluding hydrogens is 553 g/mol. The van der Waals surface area contributed by atoms with E-state index in [1.807, 2.05) is 19.1 Å². The van der Waals surface area contributed by atoms with Crippen LogP contribution in [0.2, 0.25) is 5.02 Å². The number of fused-ring (bicyclic) bond motifs is 1. The number of benzene rings is 2. The second kappa shape index (κ2) is 12.5. The van der Waals surface area contributed by atoms with Crippen molar-refractivity contribution in [2.24, 2.45) is 0 Å². The number of halogens is 2. The van der Waals surface area contributed by atoms with Crippen LogP contribution in [0.4, 0.5) is 20.7 Å². The van der Waals surface area contributed by atoms with Crippen molar-refractivity contribution in [2.75, 3.05) is 19.0 Å². The maximum absolute atomic E-state index is 13.4. The Morgan fingerprint density at radius 1 is 1.25 bits per heavy atom. The van der Waals surface area contributed by atoms with E-state index in [4.69, 9.17) is 21.1 Å². The second-order valence-electron chi connectivity index (χ2n) is 9.08. The zero-order valence-corrected chi connectivity index (χ0v) is 23.5. The number of amides is 1. The van der Waals surface area contributed by atoms with Gasteiger partial charge in [0.2, 0.25) is 0 Å². The molecule has 1 saturated heterocycles. The fraction of sp³-hybridized carbons (Fsp3) is 0.276. The molecule has 0 aliphatic carbocycles. The first-order valence-corrected chi connectivity index (χ1v) is 13.9. The van der Waals surface area contributed by atoms with Gasteiger partial charge in [-0.3, -0.25) is 10.2 Å². The molecule has 5 rings (SSSR count). The Labute approximate surface area is 240 Å². The highest BCUT2D eigenvalue weighted by atomic mass is 35.5. The third-order valence-electron chi connectivity index (χ3n) is 6.43. The summed E-state index contributed by atoms with van der Waals surface area (Å²) in [5.74, 6) is 7.35. The fourth-order valence-electron chi connectivity index (χ4n) is 4.47. The van der Waals surface area contributed by atoms with Crippen molar-refractivity contribution in [3.63, 3.8) is 0 Å². The normalized spacial score (nSPS) is 16.3. The van der Waals surface area contributed by atoms with Crippen LogP contribution in [-0.2, 0) is 11.3 Å². The minimum absolute atomic E-state index is 0.0265. The van der Waals surface area contributed by atoms with Crippen LogP contribution in [0.15, 0.2) is 54.9 Å². The summed E-state index contributed by atoms with van der Waals surface area (Å²) in [6.07, 6.45) is 2.72. The summed E-state index contributed by atoms with van der Waals surface area (Å²) in [7, 11) is 1.39. The van der Waals surface area contributed by atoms with Crippen molar-refractivity contribution in [3.8, 4) is 17.6 Å². The number of carbonyl (C=O) groups excluding carboxylic acids is 1. The second-order valence-corrected chi connectivity index (χ2v) is 10.5. The van der Waals surface area contributed by atoms with Crippen LogP contribution in [0.1, 0.15) is 30.2 Å². The molecule has 1 aliphatic rings. The number of ether oxygens (including phenoxy) is 2. The van der Waals surface area contributed by atoms with Gasteiger partial charge >= 0.3 is 6.09 Å². The number of hydrogen-bond donors (Lipinski definition) is 2. The van der Waals surface area contributed by atoms with E-state index in [-0.39, 0.29) is 30.7 Å². The van der Waals surface area contributed by atoms with Crippen LogP contribution >= 0.6 is 22.9 Å². The van der Waals surface area contributed by atoms with Gasteiger partial charge in [-0.1, -0.05) is 35.6 Å². The number of carbonyl (C=O) groups is 1. The average molecular weight is 580 g/mol. The highest BCUT2D eigenvalue weighted by molar-refractivity contribution is 7.19. The molecule has 4 aromatic rings. The third-order valence-corrected chi connectivity index (χ3v) is 7.68. The Morgan fingerprint density at radius 2 is 2.12 bits per heavy atom. The van der Waals surface area contributed by atoms with E-state index in [2.05, 4.69) is 32.4 Å². The smallest absolute Gasteiger partial charge is 0.410 e. The lowest BCUT2D eigenvalue weighted by Crippen LogP contribution is -2.47. The molecule has 0 radical (unpaired) electrons. The van der Waals surface area contributed by atoms with E-state index in [0.29, 0.717) is 28.7 Å². The van der Waals surface area contributed by atoms with Gasteiger partial charge in [0, 0.05) is 12.2 Å². The Hall–Kier alpha value is -3.91. The minimum Gasteiger partial charge on any atom is -0.487 e. The van der Waals surface area contributed by atoms with Crippen LogP contribution in [0.3, 0.4) is 0 Å². The first kappa shape index (κ1) is 27.6. The molecule has 11 heteroatoms. The van der Waals surface area contributed by atoms with E-state index in [1.54, 1.807) is 29.2 Å². The molecule has 206 valence electrons. The molecule has 2 atom stereocenters. The Bertz CT molecular complexity index is 1590. The first-order valence-electron chi connectivity index (χ1n) is 12.7. The fourth-order valence-corrected chi connectivity index (χ4v) is 5.57. The maximum Gasteiger partial charge on any atom is 0.410 e. The molecule has 0 saturated carbocycles. The van der Waals surface area contributed by atoms with E-state index < -0.39 is 0 Å². The third kappa shape index (κ3) is 6.45. The van der Waals surface area contributed by atoms with Crippen molar-refractivity contribution in [3.05, 3.63) is 76.1 Å². The van der Waals surface area contributed by atoms with Gasteiger partial charge in [-0.25, -0.2) is 19.2 Å². The van der Waals surface area contributed by atoms with Gasteiger partial charge in [-0.2, -0.15) is 0 Å². The Kier molecular flexibility index (Phi) is 8.65. The zero-order valence-electron chi connectivity index (χ0n) is 21.9. The molecule has 8 nitrogen and oxygen atoms in total. The van der Waals surface area contributed by atoms with E-state index in [1.165, 1.54) is 36.9 Å². The SMILES string of the molecule is CCN(C(=O)OC)[C@@H]1CC[C@H](C#Cc2cc3c(Nc4ccc(OCc5cccc(F)c5)c(Cl)c4)ncnc3s2)N1. The van der Waals surface area contributed by atoms with Gasteiger partial charge in [0.15, 0.2) is 0 Å². The lowest BCUT2D eigenvalue weighted by molar-refractivity contribution is 0.103. The van der Waals surface area contributed by atoms with Crippen LogP contribution in [0, 0.1) is 17.7 Å². The number of thiophene rings is 1. The molecule has 0 bridgehead atoms. The summed E-state index contributed by atoms with van der Waals surface area (Å²) >= 11 is 7.95. The number of nitrogens with one attached hydrogen (secondary N) is 2. The first-order chi connectivity index (χ1) is 19.4.